The minimum atomic E-state index is 0.745. The van der Waals surface area contributed by atoms with Crippen LogP contribution in [0.4, 0.5) is 0 Å². The van der Waals surface area contributed by atoms with Gasteiger partial charge in [0.05, 0.1) is 0 Å². The smallest absolute Gasteiger partial charge is 0.0135 e. The molecule has 0 aromatic carbocycles. The van der Waals surface area contributed by atoms with Crippen molar-refractivity contribution in [1.82, 2.24) is 4.90 Å². The Kier molecular flexibility index (Phi) is 3.20. The fourth-order valence-electron chi connectivity index (χ4n) is 5.56. The van der Waals surface area contributed by atoms with Crippen LogP contribution in [0.5, 0.6) is 0 Å². The highest BCUT2D eigenvalue weighted by atomic mass is 15.1. The van der Waals surface area contributed by atoms with Crippen molar-refractivity contribution in [3.8, 4) is 0 Å². The van der Waals surface area contributed by atoms with Crippen molar-refractivity contribution in [1.29, 1.82) is 0 Å². The highest BCUT2D eigenvalue weighted by Crippen LogP contribution is 2.57. The van der Waals surface area contributed by atoms with Gasteiger partial charge in [-0.15, -0.1) is 0 Å². The molecule has 4 bridgehead atoms. The molecule has 0 heterocycles. The van der Waals surface area contributed by atoms with Gasteiger partial charge in [0, 0.05) is 6.04 Å². The zero-order valence-electron chi connectivity index (χ0n) is 11.4. The quantitative estimate of drug-likeness (QED) is 0.812. The minimum absolute atomic E-state index is 0.745. The second kappa shape index (κ2) is 4.55. The van der Waals surface area contributed by atoms with E-state index < -0.39 is 0 Å². The van der Waals surface area contributed by atoms with E-state index in [9.17, 15) is 0 Å². The van der Waals surface area contributed by atoms with Gasteiger partial charge in [-0.05, 0) is 88.8 Å². The summed E-state index contributed by atoms with van der Waals surface area (Å²) < 4.78 is 0. The third kappa shape index (κ3) is 2.04. The molecule has 98 valence electrons. The second-order valence-electron chi connectivity index (χ2n) is 7.12. The van der Waals surface area contributed by atoms with Crippen LogP contribution < -0.4 is 5.73 Å². The molecule has 4 rings (SSSR count). The molecule has 1 unspecified atom stereocenters. The van der Waals surface area contributed by atoms with Crippen LogP contribution >= 0.6 is 0 Å². The summed E-state index contributed by atoms with van der Waals surface area (Å²) in [6.45, 7) is 0.853. The Balaban J connectivity index is 1.78. The molecule has 0 saturated heterocycles. The fraction of sp³-hybridized carbons (Fsp3) is 1.00. The van der Waals surface area contributed by atoms with Gasteiger partial charge >= 0.3 is 0 Å². The molecule has 4 aliphatic rings. The van der Waals surface area contributed by atoms with Gasteiger partial charge in [0.25, 0.3) is 0 Å². The Morgan fingerprint density at radius 3 is 1.94 bits per heavy atom. The van der Waals surface area contributed by atoms with E-state index in [0.29, 0.717) is 0 Å². The summed E-state index contributed by atoms with van der Waals surface area (Å²) >= 11 is 0. The molecular weight excluding hydrogens is 208 g/mol. The predicted molar refractivity (Wildman–Crippen MR) is 71.7 cm³/mol. The normalized spacial score (nSPS) is 45.5. The highest BCUT2D eigenvalue weighted by molar-refractivity contribution is 5.01. The molecule has 0 spiro atoms. The van der Waals surface area contributed by atoms with Gasteiger partial charge in [-0.3, -0.25) is 0 Å². The van der Waals surface area contributed by atoms with Gasteiger partial charge in [0.15, 0.2) is 0 Å². The van der Waals surface area contributed by atoms with Crippen molar-refractivity contribution in [3.05, 3.63) is 0 Å². The molecule has 4 aliphatic carbocycles. The molecule has 0 amide bonds. The zero-order valence-corrected chi connectivity index (χ0v) is 11.4. The second-order valence-corrected chi connectivity index (χ2v) is 7.12. The topological polar surface area (TPSA) is 29.3 Å². The van der Waals surface area contributed by atoms with Gasteiger partial charge < -0.3 is 10.6 Å². The van der Waals surface area contributed by atoms with Crippen LogP contribution in [0.15, 0.2) is 0 Å². The number of hydrogen-bond acceptors (Lipinski definition) is 2. The molecule has 2 N–H and O–H groups in total. The molecule has 17 heavy (non-hydrogen) atoms. The van der Waals surface area contributed by atoms with Crippen molar-refractivity contribution in [2.75, 3.05) is 20.6 Å². The Hall–Kier alpha value is -0.0800. The standard InChI is InChI=1S/C15H28N2/c1-17(2)14(3-4-16)15-12-6-10-5-11(8-12)9-13(15)7-10/h10-15H,3-9,16H2,1-2H3. The third-order valence-corrected chi connectivity index (χ3v) is 5.87. The van der Waals surface area contributed by atoms with Gasteiger partial charge in [-0.2, -0.15) is 0 Å². The first kappa shape index (κ1) is 12.0. The van der Waals surface area contributed by atoms with E-state index in [0.717, 1.165) is 42.2 Å². The summed E-state index contributed by atoms with van der Waals surface area (Å²) in [7, 11) is 4.51. The first-order chi connectivity index (χ1) is 8.19. The van der Waals surface area contributed by atoms with Crippen molar-refractivity contribution >= 4 is 0 Å². The van der Waals surface area contributed by atoms with Crippen molar-refractivity contribution < 1.29 is 0 Å². The molecule has 0 radical (unpaired) electrons. The summed E-state index contributed by atoms with van der Waals surface area (Å²) in [5, 5.41) is 0. The molecule has 1 atom stereocenters. The molecule has 0 aliphatic heterocycles. The fourth-order valence-corrected chi connectivity index (χ4v) is 5.56. The van der Waals surface area contributed by atoms with E-state index >= 15 is 0 Å². The summed E-state index contributed by atoms with van der Waals surface area (Å²) in [5.74, 6) is 5.21. The zero-order chi connectivity index (χ0) is 12.0. The first-order valence-electron chi connectivity index (χ1n) is 7.55. The molecule has 0 aromatic heterocycles. The number of hydrogen-bond donors (Lipinski definition) is 1. The van der Waals surface area contributed by atoms with Crippen LogP contribution in [0.3, 0.4) is 0 Å². The molecular formula is C15H28N2. The van der Waals surface area contributed by atoms with E-state index in [1.54, 1.807) is 6.42 Å². The maximum atomic E-state index is 5.83. The van der Waals surface area contributed by atoms with Crippen LogP contribution in [0.25, 0.3) is 0 Å². The van der Waals surface area contributed by atoms with E-state index in [1.807, 2.05) is 0 Å². The average Bonchev–Trinajstić information content (AvgIpc) is 2.26. The summed E-state index contributed by atoms with van der Waals surface area (Å²) in [4.78, 5) is 2.46. The van der Waals surface area contributed by atoms with E-state index in [1.165, 1.54) is 32.1 Å². The minimum Gasteiger partial charge on any atom is -0.330 e. The van der Waals surface area contributed by atoms with Gasteiger partial charge in [0.2, 0.25) is 0 Å². The van der Waals surface area contributed by atoms with Crippen LogP contribution in [0, 0.1) is 29.6 Å². The molecule has 4 saturated carbocycles. The maximum Gasteiger partial charge on any atom is 0.0135 e. The van der Waals surface area contributed by atoms with E-state index in [4.69, 9.17) is 5.73 Å². The van der Waals surface area contributed by atoms with Crippen molar-refractivity contribution in [2.24, 2.45) is 35.3 Å². The van der Waals surface area contributed by atoms with E-state index in [-0.39, 0.29) is 0 Å². The lowest BCUT2D eigenvalue weighted by molar-refractivity contribution is -0.0683. The Morgan fingerprint density at radius 2 is 1.53 bits per heavy atom. The molecule has 2 heteroatoms. The first-order valence-corrected chi connectivity index (χ1v) is 7.55. The lowest BCUT2D eigenvalue weighted by Gasteiger charge is -2.57. The van der Waals surface area contributed by atoms with Crippen molar-refractivity contribution in [3.63, 3.8) is 0 Å². The highest BCUT2D eigenvalue weighted by Gasteiger charge is 2.50. The predicted octanol–water partition coefficient (Wildman–Crippen LogP) is 2.34. The molecule has 4 fully saturated rings. The Morgan fingerprint density at radius 1 is 1.00 bits per heavy atom. The lowest BCUT2D eigenvalue weighted by atomic mass is 9.50. The summed E-state index contributed by atoms with van der Waals surface area (Å²) in [6.07, 6.45) is 8.89. The molecule has 0 aromatic rings. The Labute approximate surface area is 106 Å². The van der Waals surface area contributed by atoms with Gasteiger partial charge in [-0.25, -0.2) is 0 Å². The SMILES string of the molecule is CN(C)C(CCN)C1C2CC3CC(C2)CC1C3. The lowest BCUT2D eigenvalue weighted by Crippen LogP contribution is -2.53. The summed E-state index contributed by atoms with van der Waals surface area (Å²) in [6, 6.07) is 0.745. The van der Waals surface area contributed by atoms with Gasteiger partial charge in [-0.1, -0.05) is 0 Å². The number of rotatable bonds is 4. The maximum absolute atomic E-state index is 5.83. The Bertz CT molecular complexity index is 246. The van der Waals surface area contributed by atoms with Crippen LogP contribution in [-0.2, 0) is 0 Å². The van der Waals surface area contributed by atoms with Crippen molar-refractivity contribution in [2.45, 2.75) is 44.6 Å². The van der Waals surface area contributed by atoms with E-state index in [2.05, 4.69) is 19.0 Å². The molecule has 2 nitrogen and oxygen atoms in total. The van der Waals surface area contributed by atoms with Gasteiger partial charge in [0.1, 0.15) is 0 Å². The number of nitrogens with zero attached hydrogens (tertiary/aromatic N) is 1. The monoisotopic (exact) mass is 236 g/mol. The number of nitrogens with two attached hydrogens (primary N) is 1. The summed E-state index contributed by atoms with van der Waals surface area (Å²) in [5.41, 5.74) is 5.83. The van der Waals surface area contributed by atoms with Crippen LogP contribution in [-0.4, -0.2) is 31.6 Å². The van der Waals surface area contributed by atoms with Crippen LogP contribution in [0.1, 0.15) is 38.5 Å². The average molecular weight is 236 g/mol. The third-order valence-electron chi connectivity index (χ3n) is 5.87. The largest absolute Gasteiger partial charge is 0.330 e. The van der Waals surface area contributed by atoms with Crippen LogP contribution in [0.2, 0.25) is 0 Å².